The molecular formula is C27H26ClF3N6O4. The average molecular weight is 591 g/mol. The highest BCUT2D eigenvalue weighted by molar-refractivity contribution is 6.33. The van der Waals surface area contributed by atoms with Crippen molar-refractivity contribution in [2.75, 3.05) is 41.4 Å². The van der Waals surface area contributed by atoms with Crippen LogP contribution in [0.4, 0.5) is 35.2 Å². The number of fused-ring (bicyclic) bond motifs is 4. The maximum Gasteiger partial charge on any atom is 0.433 e. The lowest BCUT2D eigenvalue weighted by Gasteiger charge is -2.36. The Morgan fingerprint density at radius 3 is 2.78 bits per heavy atom. The molecule has 6 rings (SSSR count). The molecule has 0 saturated carbocycles. The molecule has 3 aromatic rings. The van der Waals surface area contributed by atoms with Gasteiger partial charge in [-0.3, -0.25) is 9.88 Å². The minimum Gasteiger partial charge on any atom is -0.475 e. The lowest BCUT2D eigenvalue weighted by molar-refractivity contribution is -0.142. The standard InChI is InChI=1S/C27H26ClF3N6O4/c1-26(2)40-14-18(41-26)13-39-22-10-16(4-7-33-22)34-25(38)37-17-5-8-36(12-17)20-11-19(28)23(35-24(20)37)15-3-6-32-21(9-15)27(29,30)31/h3-4,6-7,9-11,17-18H,5,8,12-14H2,1-2H3,(H,33,34,38)/t17-,18+/m0/s1. The van der Waals surface area contributed by atoms with E-state index in [1.807, 2.05) is 13.8 Å². The summed E-state index contributed by atoms with van der Waals surface area (Å²) < 4.78 is 57.0. The zero-order valence-electron chi connectivity index (χ0n) is 22.1. The first-order valence-electron chi connectivity index (χ1n) is 13.0. The molecular weight excluding hydrogens is 565 g/mol. The third-order valence-corrected chi connectivity index (χ3v) is 7.34. The van der Waals surface area contributed by atoms with Gasteiger partial charge in [0.05, 0.1) is 29.1 Å². The van der Waals surface area contributed by atoms with Gasteiger partial charge < -0.3 is 24.4 Å². The predicted octanol–water partition coefficient (Wildman–Crippen LogP) is 5.37. The van der Waals surface area contributed by atoms with Gasteiger partial charge in [-0.25, -0.2) is 14.8 Å². The number of hydrogen-bond acceptors (Lipinski definition) is 8. The highest BCUT2D eigenvalue weighted by atomic mass is 35.5. The number of ether oxygens (including phenoxy) is 3. The molecule has 2 fully saturated rings. The topological polar surface area (TPSA) is 102 Å². The summed E-state index contributed by atoms with van der Waals surface area (Å²) in [5.41, 5.74) is 0.288. The summed E-state index contributed by atoms with van der Waals surface area (Å²) in [4.78, 5) is 29.5. The van der Waals surface area contributed by atoms with Gasteiger partial charge in [-0.15, -0.1) is 0 Å². The number of hydrogen-bond donors (Lipinski definition) is 1. The summed E-state index contributed by atoms with van der Waals surface area (Å²) in [5.74, 6) is -0.0614. The van der Waals surface area contributed by atoms with Crippen LogP contribution in [0.2, 0.25) is 5.02 Å². The number of alkyl halides is 3. The van der Waals surface area contributed by atoms with Crippen LogP contribution in [0, 0.1) is 0 Å². The Hall–Kier alpha value is -3.68. The Labute approximate surface area is 238 Å². The zero-order chi connectivity index (χ0) is 28.9. The predicted molar refractivity (Wildman–Crippen MR) is 144 cm³/mol. The quantitative estimate of drug-likeness (QED) is 0.423. The summed E-state index contributed by atoms with van der Waals surface area (Å²) in [7, 11) is 0. The second-order valence-corrected chi connectivity index (χ2v) is 10.8. The summed E-state index contributed by atoms with van der Waals surface area (Å²) >= 11 is 6.52. The molecule has 2 amide bonds. The molecule has 3 aliphatic heterocycles. The van der Waals surface area contributed by atoms with E-state index < -0.39 is 23.7 Å². The zero-order valence-corrected chi connectivity index (χ0v) is 22.9. The number of amides is 2. The second-order valence-electron chi connectivity index (χ2n) is 10.4. The number of anilines is 3. The molecule has 0 aromatic carbocycles. The molecule has 2 atom stereocenters. The van der Waals surface area contributed by atoms with Crippen molar-refractivity contribution >= 4 is 34.8 Å². The third kappa shape index (κ3) is 5.61. The molecule has 3 aliphatic rings. The number of pyridine rings is 3. The van der Waals surface area contributed by atoms with E-state index in [0.717, 1.165) is 12.3 Å². The molecule has 0 unspecified atom stereocenters. The summed E-state index contributed by atoms with van der Waals surface area (Å²) in [6, 6.07) is 6.53. The molecule has 216 valence electrons. The highest BCUT2D eigenvalue weighted by Gasteiger charge is 2.41. The third-order valence-electron chi connectivity index (χ3n) is 7.05. The van der Waals surface area contributed by atoms with Crippen molar-refractivity contribution in [2.24, 2.45) is 0 Å². The van der Waals surface area contributed by atoms with Crippen LogP contribution in [0.3, 0.4) is 0 Å². The van der Waals surface area contributed by atoms with Gasteiger partial charge in [0.2, 0.25) is 5.88 Å². The lowest BCUT2D eigenvalue weighted by atomic mass is 10.1. The molecule has 0 spiro atoms. The van der Waals surface area contributed by atoms with Crippen molar-refractivity contribution in [1.82, 2.24) is 15.0 Å². The molecule has 0 radical (unpaired) electrons. The van der Waals surface area contributed by atoms with Gasteiger partial charge in [-0.05, 0) is 44.5 Å². The Morgan fingerprint density at radius 2 is 2.02 bits per heavy atom. The fourth-order valence-corrected chi connectivity index (χ4v) is 5.45. The maximum absolute atomic E-state index is 13.7. The van der Waals surface area contributed by atoms with Gasteiger partial charge in [-0.2, -0.15) is 13.2 Å². The maximum atomic E-state index is 13.7. The SMILES string of the molecule is CC1(C)OC[C@@H](COc2cc(NC(=O)N3c4nc(-c5ccnc(C(F)(F)F)c5)c(Cl)cc4N4CC[C@H]3C4)ccn2)O1. The number of nitrogens with one attached hydrogen (secondary N) is 1. The summed E-state index contributed by atoms with van der Waals surface area (Å²) in [6.07, 6.45) is -1.62. The first-order valence-corrected chi connectivity index (χ1v) is 13.3. The molecule has 2 bridgehead atoms. The van der Waals surface area contributed by atoms with Crippen molar-refractivity contribution in [3.05, 3.63) is 53.4 Å². The molecule has 41 heavy (non-hydrogen) atoms. The van der Waals surface area contributed by atoms with Crippen LogP contribution in [0.15, 0.2) is 42.7 Å². The van der Waals surface area contributed by atoms with Gasteiger partial charge in [0.25, 0.3) is 0 Å². The van der Waals surface area contributed by atoms with Crippen molar-refractivity contribution < 1.29 is 32.2 Å². The van der Waals surface area contributed by atoms with Gasteiger partial charge in [-0.1, -0.05) is 11.6 Å². The van der Waals surface area contributed by atoms with E-state index in [2.05, 4.69) is 25.2 Å². The molecule has 0 aliphatic carbocycles. The molecule has 3 aromatic heterocycles. The second kappa shape index (κ2) is 10.3. The van der Waals surface area contributed by atoms with E-state index in [0.29, 0.717) is 49.2 Å². The van der Waals surface area contributed by atoms with E-state index >= 15 is 0 Å². The highest BCUT2D eigenvalue weighted by Crippen LogP contribution is 2.43. The Kier molecular flexibility index (Phi) is 6.91. The number of carbonyl (C=O) groups excluding carboxylic acids is 1. The monoisotopic (exact) mass is 590 g/mol. The Morgan fingerprint density at radius 1 is 1.22 bits per heavy atom. The van der Waals surface area contributed by atoms with Crippen molar-refractivity contribution in [3.8, 4) is 17.1 Å². The first kappa shape index (κ1) is 27.5. The fourth-order valence-electron chi connectivity index (χ4n) is 5.19. The van der Waals surface area contributed by atoms with Crippen molar-refractivity contribution in [3.63, 3.8) is 0 Å². The van der Waals surface area contributed by atoms with Crippen LogP contribution in [0.1, 0.15) is 26.0 Å². The smallest absolute Gasteiger partial charge is 0.433 e. The molecule has 2 saturated heterocycles. The molecule has 14 heteroatoms. The number of rotatable bonds is 5. The van der Waals surface area contributed by atoms with Crippen LogP contribution in [-0.2, 0) is 15.7 Å². The van der Waals surface area contributed by atoms with Crippen molar-refractivity contribution in [2.45, 2.75) is 44.4 Å². The number of urea groups is 1. The van der Waals surface area contributed by atoms with Gasteiger partial charge in [0.1, 0.15) is 18.4 Å². The Bertz CT molecular complexity index is 1490. The minimum atomic E-state index is -4.63. The van der Waals surface area contributed by atoms with Crippen LogP contribution in [0.5, 0.6) is 5.88 Å². The normalized spacial score (nSPS) is 21.1. The van der Waals surface area contributed by atoms with Crippen LogP contribution in [-0.4, -0.2) is 65.2 Å². The van der Waals surface area contributed by atoms with Gasteiger partial charge >= 0.3 is 12.2 Å². The van der Waals surface area contributed by atoms with E-state index in [-0.39, 0.29) is 35.0 Å². The number of halogens is 4. The van der Waals surface area contributed by atoms with Crippen LogP contribution in [0.25, 0.3) is 11.3 Å². The minimum absolute atomic E-state index is 0.125. The largest absolute Gasteiger partial charge is 0.475 e. The summed E-state index contributed by atoms with van der Waals surface area (Å²) in [6.45, 7) is 5.54. The van der Waals surface area contributed by atoms with E-state index in [1.54, 1.807) is 18.2 Å². The average Bonchev–Trinajstić information content (AvgIpc) is 3.50. The van der Waals surface area contributed by atoms with Gasteiger partial charge in [0.15, 0.2) is 11.6 Å². The number of aromatic nitrogens is 3. The fraction of sp³-hybridized carbons (Fsp3) is 0.407. The van der Waals surface area contributed by atoms with Crippen LogP contribution >= 0.6 is 11.6 Å². The van der Waals surface area contributed by atoms with Crippen molar-refractivity contribution in [1.29, 1.82) is 0 Å². The molecule has 1 N–H and O–H groups in total. The van der Waals surface area contributed by atoms with Crippen LogP contribution < -0.4 is 19.9 Å². The Balaban J connectivity index is 1.25. The summed E-state index contributed by atoms with van der Waals surface area (Å²) in [5, 5.41) is 3.05. The first-order chi connectivity index (χ1) is 19.5. The molecule has 6 heterocycles. The van der Waals surface area contributed by atoms with Gasteiger partial charge in [0, 0.05) is 42.8 Å². The molecule has 10 nitrogen and oxygen atoms in total. The lowest BCUT2D eigenvalue weighted by Crippen LogP contribution is -2.48. The van der Waals surface area contributed by atoms with E-state index in [4.69, 9.17) is 25.8 Å². The number of nitrogens with zero attached hydrogens (tertiary/aromatic N) is 5. The number of carbonyl (C=O) groups is 1. The van der Waals surface area contributed by atoms with E-state index in [1.165, 1.54) is 17.2 Å². The van der Waals surface area contributed by atoms with E-state index in [9.17, 15) is 18.0 Å².